The van der Waals surface area contributed by atoms with Crippen molar-refractivity contribution in [1.82, 2.24) is 14.9 Å². The Morgan fingerprint density at radius 3 is 2.74 bits per heavy atom. The summed E-state index contributed by atoms with van der Waals surface area (Å²) in [6, 6.07) is 0.232. The molecule has 206 valence electrons. The van der Waals surface area contributed by atoms with Gasteiger partial charge in [-0.15, -0.1) is 0 Å². The van der Waals surface area contributed by atoms with Gasteiger partial charge in [0.15, 0.2) is 0 Å². The van der Waals surface area contributed by atoms with Gasteiger partial charge in [-0.1, -0.05) is 6.42 Å². The molecule has 4 aliphatic rings. The first-order valence-corrected chi connectivity index (χ1v) is 14.0. The van der Waals surface area contributed by atoms with E-state index in [0.29, 0.717) is 61.5 Å². The number of allylic oxidation sites excluding steroid dienone is 2. The van der Waals surface area contributed by atoms with E-state index >= 15 is 0 Å². The molecule has 2 aliphatic carbocycles. The van der Waals surface area contributed by atoms with Crippen LogP contribution < -0.4 is 15.8 Å². The average Bonchev–Trinajstić information content (AvgIpc) is 3.58. The second kappa shape index (κ2) is 11.1. The predicted octanol–water partition coefficient (Wildman–Crippen LogP) is 3.25. The minimum atomic E-state index is -0.737. The van der Waals surface area contributed by atoms with Crippen LogP contribution in [-0.2, 0) is 9.53 Å². The Morgan fingerprint density at radius 2 is 2.05 bits per heavy atom. The molecule has 0 amide bonds. The lowest BCUT2D eigenvalue weighted by Crippen LogP contribution is -2.42. The van der Waals surface area contributed by atoms with Gasteiger partial charge in [0.1, 0.15) is 17.7 Å². The number of hydrogen-bond donors (Lipinski definition) is 3. The predicted molar refractivity (Wildman–Crippen MR) is 144 cm³/mol. The number of likely N-dealkylation sites (tertiary alicyclic amines) is 1. The largest absolute Gasteiger partial charge is 0.472 e. The Kier molecular flexibility index (Phi) is 7.81. The first-order chi connectivity index (χ1) is 18.3. The molecule has 3 fully saturated rings. The molecule has 0 unspecified atom stereocenters. The molecule has 0 radical (unpaired) electrons. The van der Waals surface area contributed by atoms with E-state index in [1.54, 1.807) is 0 Å². The summed E-state index contributed by atoms with van der Waals surface area (Å²) in [5.41, 5.74) is 7.16. The van der Waals surface area contributed by atoms with Gasteiger partial charge in [0.05, 0.1) is 23.6 Å². The SMILES string of the molecule is C[C@H](Oc1nc(C(=O)C2=C(N)[C@]3(CCCCC3=O)CCC2)nc(N[C@@H]2CCOC2)c1C=N)[C@@H]1CCCN1C. The normalized spacial score (nSPS) is 29.1. The highest BCUT2D eigenvalue weighted by Crippen LogP contribution is 2.47. The summed E-state index contributed by atoms with van der Waals surface area (Å²) in [7, 11) is 2.08. The van der Waals surface area contributed by atoms with Gasteiger partial charge in [-0.05, 0) is 71.9 Å². The number of ether oxygens (including phenoxy) is 2. The fourth-order valence-corrected chi connectivity index (χ4v) is 6.64. The van der Waals surface area contributed by atoms with E-state index < -0.39 is 5.41 Å². The molecule has 3 heterocycles. The fourth-order valence-electron chi connectivity index (χ4n) is 6.64. The van der Waals surface area contributed by atoms with Gasteiger partial charge in [0, 0.05) is 36.6 Å². The number of ketones is 2. The van der Waals surface area contributed by atoms with Crippen molar-refractivity contribution in [3.8, 4) is 5.88 Å². The zero-order valence-corrected chi connectivity index (χ0v) is 22.6. The number of hydrogen-bond acceptors (Lipinski definition) is 10. The van der Waals surface area contributed by atoms with Crippen LogP contribution in [0.5, 0.6) is 5.88 Å². The zero-order valence-electron chi connectivity index (χ0n) is 22.6. The van der Waals surface area contributed by atoms with Crippen LogP contribution in [0.3, 0.4) is 0 Å². The van der Waals surface area contributed by atoms with Crippen LogP contribution in [0.25, 0.3) is 0 Å². The Bertz CT molecular complexity index is 1130. The van der Waals surface area contributed by atoms with Gasteiger partial charge in [-0.25, -0.2) is 4.98 Å². The molecule has 1 spiro atoms. The van der Waals surface area contributed by atoms with Crippen LogP contribution in [0.2, 0.25) is 0 Å². The first-order valence-electron chi connectivity index (χ1n) is 14.0. The van der Waals surface area contributed by atoms with E-state index in [1.807, 2.05) is 6.92 Å². The summed E-state index contributed by atoms with van der Waals surface area (Å²) in [4.78, 5) is 38.4. The summed E-state index contributed by atoms with van der Waals surface area (Å²) < 4.78 is 11.9. The third-order valence-corrected chi connectivity index (χ3v) is 8.88. The molecular weight excluding hydrogens is 484 g/mol. The number of nitrogens with zero attached hydrogens (tertiary/aromatic N) is 3. The number of rotatable bonds is 8. The first kappa shape index (κ1) is 26.7. The highest BCUT2D eigenvalue weighted by atomic mass is 16.5. The average molecular weight is 525 g/mol. The number of carbonyl (C=O) groups excluding carboxylic acids is 2. The van der Waals surface area contributed by atoms with Crippen molar-refractivity contribution in [1.29, 1.82) is 5.41 Å². The molecular formula is C28H40N6O4. The summed E-state index contributed by atoms with van der Waals surface area (Å²) >= 11 is 0. The molecule has 0 bridgehead atoms. The smallest absolute Gasteiger partial charge is 0.228 e. The second-order valence-electron chi connectivity index (χ2n) is 11.3. The van der Waals surface area contributed by atoms with Crippen molar-refractivity contribution >= 4 is 23.6 Å². The number of Topliss-reactive ketones (excluding diaryl/α,β-unsaturated/α-hetero) is 2. The monoisotopic (exact) mass is 524 g/mol. The number of carbonyl (C=O) groups is 2. The van der Waals surface area contributed by atoms with Crippen LogP contribution in [-0.4, -0.2) is 77.6 Å². The van der Waals surface area contributed by atoms with E-state index in [9.17, 15) is 9.59 Å². The lowest BCUT2D eigenvalue weighted by molar-refractivity contribution is -0.129. The van der Waals surface area contributed by atoms with E-state index in [-0.39, 0.29) is 41.5 Å². The van der Waals surface area contributed by atoms with Crippen LogP contribution in [0.15, 0.2) is 11.3 Å². The Labute approximate surface area is 224 Å². The lowest BCUT2D eigenvalue weighted by atomic mass is 9.64. The molecule has 1 saturated carbocycles. The number of nitrogens with one attached hydrogen (secondary N) is 2. The van der Waals surface area contributed by atoms with Crippen molar-refractivity contribution in [3.63, 3.8) is 0 Å². The van der Waals surface area contributed by atoms with Gasteiger partial charge >= 0.3 is 0 Å². The van der Waals surface area contributed by atoms with E-state index in [2.05, 4.69) is 27.2 Å². The van der Waals surface area contributed by atoms with Crippen molar-refractivity contribution < 1.29 is 19.1 Å². The van der Waals surface area contributed by atoms with Gasteiger partial charge in [0.2, 0.25) is 17.5 Å². The minimum Gasteiger partial charge on any atom is -0.472 e. The molecule has 4 atom stereocenters. The third kappa shape index (κ3) is 4.96. The maximum absolute atomic E-state index is 13.9. The standard InChI is InChI=1S/C28H40N6O4/c1-17(21-8-6-13-34(21)2)38-27-20(15-29)25(31-18-10-14-37-16-18)32-26(33-27)23(36)19-7-5-12-28(24(19)30)11-4-3-9-22(28)35/h15,17-18,21,29H,3-14,16,30H2,1-2H3,(H,31,32,33)/t17-,18+,21-,28+/m0/s1. The quantitative estimate of drug-likeness (QED) is 0.345. The van der Waals surface area contributed by atoms with Gasteiger partial charge < -0.3 is 25.9 Å². The Hall–Kier alpha value is -2.85. The molecule has 0 aromatic carbocycles. The molecule has 2 aliphatic heterocycles. The molecule has 1 aromatic rings. The third-order valence-electron chi connectivity index (χ3n) is 8.88. The van der Waals surface area contributed by atoms with Gasteiger partial charge in [-0.2, -0.15) is 4.98 Å². The zero-order chi connectivity index (χ0) is 26.9. The fraction of sp³-hybridized carbons (Fsp3) is 0.679. The van der Waals surface area contributed by atoms with Crippen LogP contribution in [0.4, 0.5) is 5.82 Å². The maximum Gasteiger partial charge on any atom is 0.228 e. The molecule has 38 heavy (non-hydrogen) atoms. The van der Waals surface area contributed by atoms with Crippen LogP contribution in [0, 0.1) is 10.8 Å². The molecule has 10 heteroatoms. The van der Waals surface area contributed by atoms with E-state index in [4.69, 9.17) is 20.6 Å². The molecule has 4 N–H and O–H groups in total. The lowest BCUT2D eigenvalue weighted by Gasteiger charge is -2.40. The van der Waals surface area contributed by atoms with Crippen LogP contribution in [0.1, 0.15) is 87.3 Å². The summed E-state index contributed by atoms with van der Waals surface area (Å²) in [5, 5.41) is 11.5. The maximum atomic E-state index is 13.9. The van der Waals surface area contributed by atoms with Crippen LogP contribution >= 0.6 is 0 Å². The van der Waals surface area contributed by atoms with Gasteiger partial charge in [0.25, 0.3) is 0 Å². The second-order valence-corrected chi connectivity index (χ2v) is 11.3. The Balaban J connectivity index is 1.53. The number of anilines is 1. The van der Waals surface area contributed by atoms with E-state index in [0.717, 1.165) is 45.1 Å². The van der Waals surface area contributed by atoms with Crippen molar-refractivity contribution in [2.75, 3.05) is 32.1 Å². The van der Waals surface area contributed by atoms with Gasteiger partial charge in [-0.3, -0.25) is 14.5 Å². The number of likely N-dealkylation sites (N-methyl/N-ethyl adjacent to an activating group) is 1. The topological polar surface area (TPSA) is 144 Å². The van der Waals surface area contributed by atoms with Crippen molar-refractivity contribution in [2.45, 2.75) is 89.3 Å². The summed E-state index contributed by atoms with van der Waals surface area (Å²) in [6.45, 7) is 4.17. The summed E-state index contributed by atoms with van der Waals surface area (Å²) in [6.07, 6.45) is 8.82. The summed E-state index contributed by atoms with van der Waals surface area (Å²) in [5.74, 6) is 0.364. The Morgan fingerprint density at radius 1 is 1.24 bits per heavy atom. The van der Waals surface area contributed by atoms with Crippen molar-refractivity contribution in [2.24, 2.45) is 11.1 Å². The molecule has 5 rings (SSSR count). The number of nitrogens with two attached hydrogens (primary N) is 1. The molecule has 2 saturated heterocycles. The minimum absolute atomic E-state index is 0.0138. The molecule has 1 aromatic heterocycles. The highest BCUT2D eigenvalue weighted by molar-refractivity contribution is 6.08. The number of aromatic nitrogens is 2. The van der Waals surface area contributed by atoms with E-state index in [1.165, 1.54) is 6.21 Å². The highest BCUT2D eigenvalue weighted by Gasteiger charge is 2.46. The molecule has 10 nitrogen and oxygen atoms in total. The van der Waals surface area contributed by atoms with Crippen molar-refractivity contribution in [3.05, 3.63) is 22.7 Å².